The predicted molar refractivity (Wildman–Crippen MR) is 85.8 cm³/mol. The predicted octanol–water partition coefficient (Wildman–Crippen LogP) is 3.00. The first kappa shape index (κ1) is 14.1. The summed E-state index contributed by atoms with van der Waals surface area (Å²) in [6.45, 7) is 2.43. The fourth-order valence-electron chi connectivity index (χ4n) is 2.82. The van der Waals surface area contributed by atoms with E-state index in [1.165, 1.54) is 23.6 Å². The third-order valence-electron chi connectivity index (χ3n) is 4.47. The highest BCUT2D eigenvalue weighted by Crippen LogP contribution is 2.36. The molecule has 1 saturated carbocycles. The average Bonchev–Trinajstić information content (AvgIpc) is 3.36. The molecule has 1 aliphatic rings. The first-order valence-corrected chi connectivity index (χ1v) is 7.68. The lowest BCUT2D eigenvalue weighted by Crippen LogP contribution is -2.37. The van der Waals surface area contributed by atoms with Crippen molar-refractivity contribution in [2.45, 2.75) is 25.8 Å². The summed E-state index contributed by atoms with van der Waals surface area (Å²) in [4.78, 5) is 12.3. The Balaban J connectivity index is 1.78. The summed E-state index contributed by atoms with van der Waals surface area (Å²) in [6.07, 6.45) is 2.36. The molecule has 2 atom stereocenters. The SMILES string of the molecule is CC(C(=O)NC(CN)c1ccc2ccccc2c1)C1CC1. The van der Waals surface area contributed by atoms with Crippen LogP contribution in [0.15, 0.2) is 42.5 Å². The third-order valence-corrected chi connectivity index (χ3v) is 4.47. The van der Waals surface area contributed by atoms with Crippen LogP contribution in [0, 0.1) is 11.8 Å². The van der Waals surface area contributed by atoms with E-state index in [2.05, 4.69) is 35.6 Å². The third kappa shape index (κ3) is 3.08. The van der Waals surface area contributed by atoms with Gasteiger partial charge in [-0.2, -0.15) is 0 Å². The largest absolute Gasteiger partial charge is 0.348 e. The molecule has 2 unspecified atom stereocenters. The standard InChI is InChI=1S/C18H22N2O/c1-12(13-6-7-13)18(21)20-17(11-19)16-9-8-14-4-2-3-5-15(14)10-16/h2-5,8-10,12-13,17H,6-7,11,19H2,1H3,(H,20,21). The van der Waals surface area contributed by atoms with Gasteiger partial charge < -0.3 is 11.1 Å². The highest BCUT2D eigenvalue weighted by molar-refractivity contribution is 5.83. The summed E-state index contributed by atoms with van der Waals surface area (Å²) in [7, 11) is 0. The highest BCUT2D eigenvalue weighted by Gasteiger charge is 2.33. The minimum absolute atomic E-state index is 0.0968. The first-order valence-electron chi connectivity index (χ1n) is 7.68. The Bertz CT molecular complexity index is 648. The van der Waals surface area contributed by atoms with Crippen LogP contribution in [0.4, 0.5) is 0 Å². The molecule has 1 aliphatic carbocycles. The van der Waals surface area contributed by atoms with Crippen LogP contribution in [-0.4, -0.2) is 12.5 Å². The molecule has 0 aromatic heterocycles. The van der Waals surface area contributed by atoms with E-state index in [-0.39, 0.29) is 17.9 Å². The molecule has 0 radical (unpaired) electrons. The normalized spacial score (nSPS) is 17.4. The first-order chi connectivity index (χ1) is 10.2. The Morgan fingerprint density at radius 1 is 1.24 bits per heavy atom. The molecule has 0 heterocycles. The van der Waals surface area contributed by atoms with Gasteiger partial charge in [-0.15, -0.1) is 0 Å². The van der Waals surface area contributed by atoms with Crippen molar-refractivity contribution in [3.05, 3.63) is 48.0 Å². The molecule has 3 heteroatoms. The van der Waals surface area contributed by atoms with Crippen molar-refractivity contribution in [1.29, 1.82) is 0 Å². The maximum atomic E-state index is 12.3. The van der Waals surface area contributed by atoms with Crippen LogP contribution in [0.1, 0.15) is 31.4 Å². The molecule has 3 rings (SSSR count). The van der Waals surface area contributed by atoms with Crippen LogP contribution >= 0.6 is 0 Å². The summed E-state index contributed by atoms with van der Waals surface area (Å²) in [5.74, 6) is 0.792. The van der Waals surface area contributed by atoms with Gasteiger partial charge >= 0.3 is 0 Å². The number of carbonyl (C=O) groups excluding carboxylic acids is 1. The summed E-state index contributed by atoms with van der Waals surface area (Å²) in [5, 5.41) is 5.49. The topological polar surface area (TPSA) is 55.1 Å². The molecule has 0 spiro atoms. The van der Waals surface area contributed by atoms with Gasteiger partial charge in [0.2, 0.25) is 5.91 Å². The number of carbonyl (C=O) groups is 1. The van der Waals surface area contributed by atoms with Crippen LogP contribution in [0.25, 0.3) is 10.8 Å². The van der Waals surface area contributed by atoms with E-state index in [0.717, 1.165) is 5.56 Å². The monoisotopic (exact) mass is 282 g/mol. The maximum Gasteiger partial charge on any atom is 0.223 e. The van der Waals surface area contributed by atoms with Crippen molar-refractivity contribution in [3.63, 3.8) is 0 Å². The number of hydrogen-bond acceptors (Lipinski definition) is 2. The minimum atomic E-state index is -0.108. The van der Waals surface area contributed by atoms with Crippen LogP contribution in [0.3, 0.4) is 0 Å². The lowest BCUT2D eigenvalue weighted by molar-refractivity contribution is -0.125. The Kier molecular flexibility index (Phi) is 3.93. The fraction of sp³-hybridized carbons (Fsp3) is 0.389. The second kappa shape index (κ2) is 5.86. The molecule has 3 nitrogen and oxygen atoms in total. The van der Waals surface area contributed by atoms with E-state index in [0.29, 0.717) is 12.5 Å². The molecule has 0 saturated heterocycles. The van der Waals surface area contributed by atoms with Crippen molar-refractivity contribution >= 4 is 16.7 Å². The molecule has 1 fully saturated rings. The van der Waals surface area contributed by atoms with Gasteiger partial charge in [0.15, 0.2) is 0 Å². The zero-order chi connectivity index (χ0) is 14.8. The summed E-state index contributed by atoms with van der Waals surface area (Å²) in [5.41, 5.74) is 6.95. The van der Waals surface area contributed by atoms with Gasteiger partial charge in [0.25, 0.3) is 0 Å². The number of nitrogens with one attached hydrogen (secondary N) is 1. The van der Waals surface area contributed by atoms with E-state index >= 15 is 0 Å². The quantitative estimate of drug-likeness (QED) is 0.885. The molecule has 0 aliphatic heterocycles. The zero-order valence-corrected chi connectivity index (χ0v) is 12.4. The Labute approximate surface area is 125 Å². The number of benzene rings is 2. The lowest BCUT2D eigenvalue weighted by Gasteiger charge is -2.20. The average molecular weight is 282 g/mol. The second-order valence-electron chi connectivity index (χ2n) is 6.03. The number of amides is 1. The van der Waals surface area contributed by atoms with Gasteiger partial charge in [-0.3, -0.25) is 4.79 Å². The molecular formula is C18H22N2O. The summed E-state index contributed by atoms with van der Waals surface area (Å²) >= 11 is 0. The van der Waals surface area contributed by atoms with Crippen LogP contribution in [-0.2, 0) is 4.79 Å². The minimum Gasteiger partial charge on any atom is -0.348 e. The van der Waals surface area contributed by atoms with Gasteiger partial charge in [0.1, 0.15) is 0 Å². The van der Waals surface area contributed by atoms with Gasteiger partial charge in [-0.25, -0.2) is 0 Å². The maximum absolute atomic E-state index is 12.3. The van der Waals surface area contributed by atoms with Crippen LogP contribution in [0.5, 0.6) is 0 Å². The Morgan fingerprint density at radius 3 is 2.62 bits per heavy atom. The number of nitrogens with two attached hydrogens (primary N) is 1. The van der Waals surface area contributed by atoms with Gasteiger partial charge in [-0.05, 0) is 41.2 Å². The summed E-state index contributed by atoms with van der Waals surface area (Å²) in [6, 6.07) is 14.4. The Morgan fingerprint density at radius 2 is 1.95 bits per heavy atom. The molecule has 3 N–H and O–H groups in total. The van der Waals surface area contributed by atoms with Crippen molar-refractivity contribution < 1.29 is 4.79 Å². The Hall–Kier alpha value is -1.87. The summed E-state index contributed by atoms with van der Waals surface area (Å²) < 4.78 is 0. The fourth-order valence-corrected chi connectivity index (χ4v) is 2.82. The van der Waals surface area contributed by atoms with E-state index in [1.807, 2.05) is 19.1 Å². The number of hydrogen-bond donors (Lipinski definition) is 2. The molecule has 110 valence electrons. The van der Waals surface area contributed by atoms with E-state index in [9.17, 15) is 4.79 Å². The van der Waals surface area contributed by atoms with Gasteiger partial charge in [0.05, 0.1) is 6.04 Å². The number of fused-ring (bicyclic) bond motifs is 1. The molecule has 2 aromatic carbocycles. The molecule has 21 heavy (non-hydrogen) atoms. The smallest absolute Gasteiger partial charge is 0.223 e. The van der Waals surface area contributed by atoms with Crippen molar-refractivity contribution in [2.75, 3.05) is 6.54 Å². The van der Waals surface area contributed by atoms with E-state index < -0.39 is 0 Å². The van der Waals surface area contributed by atoms with Crippen LogP contribution < -0.4 is 11.1 Å². The molecule has 0 bridgehead atoms. The second-order valence-corrected chi connectivity index (χ2v) is 6.03. The van der Waals surface area contributed by atoms with Crippen LogP contribution in [0.2, 0.25) is 0 Å². The number of rotatable bonds is 5. The van der Waals surface area contributed by atoms with Crippen molar-refractivity contribution in [1.82, 2.24) is 5.32 Å². The van der Waals surface area contributed by atoms with Gasteiger partial charge in [-0.1, -0.05) is 43.3 Å². The molecular weight excluding hydrogens is 260 g/mol. The van der Waals surface area contributed by atoms with Crippen molar-refractivity contribution in [2.24, 2.45) is 17.6 Å². The van der Waals surface area contributed by atoms with Crippen molar-refractivity contribution in [3.8, 4) is 0 Å². The lowest BCUT2D eigenvalue weighted by atomic mass is 10.00. The van der Waals surface area contributed by atoms with E-state index in [1.54, 1.807) is 0 Å². The zero-order valence-electron chi connectivity index (χ0n) is 12.4. The van der Waals surface area contributed by atoms with E-state index in [4.69, 9.17) is 5.73 Å². The molecule has 1 amide bonds. The molecule has 2 aromatic rings. The highest BCUT2D eigenvalue weighted by atomic mass is 16.1. The van der Waals surface area contributed by atoms with Gasteiger partial charge in [0, 0.05) is 12.5 Å².